The summed E-state index contributed by atoms with van der Waals surface area (Å²) in [5.74, 6) is -0.118. The molecule has 1 aliphatic rings. The molecule has 0 saturated heterocycles. The number of carbonyl (C=O) groups is 1. The van der Waals surface area contributed by atoms with E-state index < -0.39 is 0 Å². The minimum atomic E-state index is -0.320. The van der Waals surface area contributed by atoms with Gasteiger partial charge in [-0.15, -0.1) is 0 Å². The molecule has 0 unspecified atom stereocenters. The average Bonchev–Trinajstić information content (AvgIpc) is 3.23. The van der Waals surface area contributed by atoms with E-state index in [1.54, 1.807) is 12.1 Å². The number of carbonyl (C=O) groups excluding carboxylic acids is 1. The van der Waals surface area contributed by atoms with Crippen molar-refractivity contribution in [3.63, 3.8) is 0 Å². The molecule has 0 atom stereocenters. The summed E-state index contributed by atoms with van der Waals surface area (Å²) in [6.07, 6.45) is 2.30. The highest BCUT2D eigenvalue weighted by atomic mass is 19.1. The zero-order valence-electron chi connectivity index (χ0n) is 13.6. The van der Waals surface area contributed by atoms with Crippen LogP contribution in [-0.4, -0.2) is 15.7 Å². The molecule has 2 N–H and O–H groups in total. The molecule has 1 aliphatic carbocycles. The van der Waals surface area contributed by atoms with Gasteiger partial charge < -0.3 is 0 Å². The molecule has 1 saturated carbocycles. The molecule has 0 spiro atoms. The standard InChI is InChI=1S/C17H21FN4O/c1-17(2,3)22-15(11-4-5-11)10-14(21-22)16(23)20-19-13-8-6-12(18)7-9-13/h6-11,19H,4-5H2,1-3H3,(H,20,23). The van der Waals surface area contributed by atoms with Crippen LogP contribution in [0.4, 0.5) is 10.1 Å². The van der Waals surface area contributed by atoms with E-state index >= 15 is 0 Å². The third-order valence-electron chi connectivity index (χ3n) is 3.77. The number of rotatable bonds is 4. The largest absolute Gasteiger partial charge is 0.298 e. The van der Waals surface area contributed by atoms with Gasteiger partial charge in [0.15, 0.2) is 5.69 Å². The topological polar surface area (TPSA) is 59.0 Å². The molecule has 1 aromatic heterocycles. The van der Waals surface area contributed by atoms with Crippen molar-refractivity contribution in [2.75, 3.05) is 5.43 Å². The molecule has 0 aliphatic heterocycles. The summed E-state index contributed by atoms with van der Waals surface area (Å²) < 4.78 is 14.8. The van der Waals surface area contributed by atoms with Gasteiger partial charge in [-0.25, -0.2) is 4.39 Å². The fourth-order valence-corrected chi connectivity index (χ4v) is 2.44. The predicted octanol–water partition coefficient (Wildman–Crippen LogP) is 3.41. The van der Waals surface area contributed by atoms with Crippen LogP contribution in [-0.2, 0) is 5.54 Å². The minimum Gasteiger partial charge on any atom is -0.298 e. The van der Waals surface area contributed by atoms with Crippen molar-refractivity contribution < 1.29 is 9.18 Å². The van der Waals surface area contributed by atoms with Crippen LogP contribution in [0.15, 0.2) is 30.3 Å². The second kappa shape index (κ2) is 5.68. The summed E-state index contributed by atoms with van der Waals surface area (Å²) in [5, 5.41) is 4.47. The van der Waals surface area contributed by atoms with Gasteiger partial charge in [-0.3, -0.25) is 20.3 Å². The quantitative estimate of drug-likeness (QED) is 0.850. The Morgan fingerprint density at radius 1 is 1.26 bits per heavy atom. The normalized spacial score (nSPS) is 14.6. The Balaban J connectivity index is 1.73. The van der Waals surface area contributed by atoms with Crippen LogP contribution in [0.1, 0.15) is 55.7 Å². The van der Waals surface area contributed by atoms with E-state index in [9.17, 15) is 9.18 Å². The Morgan fingerprint density at radius 2 is 1.91 bits per heavy atom. The van der Waals surface area contributed by atoms with E-state index in [1.165, 1.54) is 12.1 Å². The first-order valence-corrected chi connectivity index (χ1v) is 7.77. The second-order valence-electron chi connectivity index (χ2n) is 6.90. The molecule has 6 heteroatoms. The van der Waals surface area contributed by atoms with Gasteiger partial charge >= 0.3 is 0 Å². The number of halogens is 1. The molecule has 1 aromatic carbocycles. The number of benzene rings is 1. The van der Waals surface area contributed by atoms with Gasteiger partial charge in [-0.1, -0.05) is 0 Å². The van der Waals surface area contributed by atoms with Gasteiger partial charge in [0.05, 0.1) is 11.2 Å². The number of nitrogens with one attached hydrogen (secondary N) is 2. The van der Waals surface area contributed by atoms with E-state index in [4.69, 9.17) is 0 Å². The van der Waals surface area contributed by atoms with Crippen LogP contribution in [0.25, 0.3) is 0 Å². The van der Waals surface area contributed by atoms with Crippen molar-refractivity contribution in [3.8, 4) is 0 Å². The van der Waals surface area contributed by atoms with Gasteiger partial charge in [0.2, 0.25) is 0 Å². The van der Waals surface area contributed by atoms with Crippen LogP contribution in [0, 0.1) is 5.82 Å². The smallest absolute Gasteiger partial charge is 0.290 e. The third kappa shape index (κ3) is 3.52. The second-order valence-corrected chi connectivity index (χ2v) is 6.90. The highest BCUT2D eigenvalue weighted by Gasteiger charge is 2.32. The first kappa shape index (κ1) is 15.5. The molecular weight excluding hydrogens is 295 g/mol. The number of hydrazine groups is 1. The van der Waals surface area contributed by atoms with Crippen molar-refractivity contribution in [3.05, 3.63) is 47.5 Å². The maximum absolute atomic E-state index is 12.9. The lowest BCUT2D eigenvalue weighted by molar-refractivity contribution is 0.0956. The summed E-state index contributed by atoms with van der Waals surface area (Å²) in [5.41, 5.74) is 7.31. The fraction of sp³-hybridized carbons (Fsp3) is 0.412. The Hall–Kier alpha value is -2.37. The Morgan fingerprint density at radius 3 is 2.48 bits per heavy atom. The van der Waals surface area contributed by atoms with Crippen molar-refractivity contribution in [2.45, 2.75) is 45.1 Å². The Labute approximate surface area is 134 Å². The number of nitrogens with zero attached hydrogens (tertiary/aromatic N) is 2. The lowest BCUT2D eigenvalue weighted by Crippen LogP contribution is -2.30. The monoisotopic (exact) mass is 316 g/mol. The van der Waals surface area contributed by atoms with Crippen molar-refractivity contribution in [1.82, 2.24) is 15.2 Å². The molecule has 23 heavy (non-hydrogen) atoms. The van der Waals surface area contributed by atoms with Gasteiger partial charge in [-0.2, -0.15) is 5.10 Å². The molecule has 5 nitrogen and oxygen atoms in total. The lowest BCUT2D eigenvalue weighted by atomic mass is 10.1. The summed E-state index contributed by atoms with van der Waals surface area (Å²) in [6, 6.07) is 7.63. The zero-order chi connectivity index (χ0) is 16.6. The highest BCUT2D eigenvalue weighted by Crippen LogP contribution is 2.41. The summed E-state index contributed by atoms with van der Waals surface area (Å²) in [4.78, 5) is 12.3. The molecular formula is C17H21FN4O. The number of aromatic nitrogens is 2. The highest BCUT2D eigenvalue weighted by molar-refractivity contribution is 5.93. The van der Waals surface area contributed by atoms with Crippen molar-refractivity contribution in [2.24, 2.45) is 0 Å². The van der Waals surface area contributed by atoms with Crippen LogP contribution < -0.4 is 10.9 Å². The molecule has 3 rings (SSSR count). The summed E-state index contributed by atoms with van der Waals surface area (Å²) in [7, 11) is 0. The lowest BCUT2D eigenvalue weighted by Gasteiger charge is -2.22. The van der Waals surface area contributed by atoms with Crippen LogP contribution in [0.5, 0.6) is 0 Å². The van der Waals surface area contributed by atoms with E-state index in [-0.39, 0.29) is 17.3 Å². The van der Waals surface area contributed by atoms with Gasteiger partial charge in [0.25, 0.3) is 5.91 Å². The Bertz CT molecular complexity index is 711. The first-order chi connectivity index (χ1) is 10.8. The average molecular weight is 316 g/mol. The van der Waals surface area contributed by atoms with Crippen LogP contribution in [0.2, 0.25) is 0 Å². The SMILES string of the molecule is CC(C)(C)n1nc(C(=O)NNc2ccc(F)cc2)cc1C1CC1. The zero-order valence-corrected chi connectivity index (χ0v) is 13.6. The third-order valence-corrected chi connectivity index (χ3v) is 3.77. The molecule has 122 valence electrons. The first-order valence-electron chi connectivity index (χ1n) is 7.77. The molecule has 2 aromatic rings. The maximum atomic E-state index is 12.9. The maximum Gasteiger partial charge on any atom is 0.290 e. The number of amides is 1. The number of hydrogen-bond acceptors (Lipinski definition) is 3. The van der Waals surface area contributed by atoms with Crippen molar-refractivity contribution >= 4 is 11.6 Å². The van der Waals surface area contributed by atoms with Gasteiger partial charge in [0, 0.05) is 11.6 Å². The van der Waals surface area contributed by atoms with Gasteiger partial charge in [-0.05, 0) is 63.9 Å². The van der Waals surface area contributed by atoms with Crippen LogP contribution in [0.3, 0.4) is 0 Å². The van der Waals surface area contributed by atoms with Crippen LogP contribution >= 0.6 is 0 Å². The molecule has 0 radical (unpaired) electrons. The predicted molar refractivity (Wildman–Crippen MR) is 86.7 cm³/mol. The van der Waals surface area contributed by atoms with E-state index in [0.717, 1.165) is 18.5 Å². The van der Waals surface area contributed by atoms with Crippen molar-refractivity contribution in [1.29, 1.82) is 0 Å². The van der Waals surface area contributed by atoms with E-state index in [0.29, 0.717) is 17.3 Å². The number of anilines is 1. The van der Waals surface area contributed by atoms with Gasteiger partial charge in [0.1, 0.15) is 5.82 Å². The fourth-order valence-electron chi connectivity index (χ4n) is 2.44. The number of hydrogen-bond donors (Lipinski definition) is 2. The molecule has 1 fully saturated rings. The van der Waals surface area contributed by atoms with E-state index in [1.807, 2.05) is 10.7 Å². The molecule has 1 heterocycles. The Kier molecular flexibility index (Phi) is 3.83. The van der Waals surface area contributed by atoms with E-state index in [2.05, 4.69) is 36.7 Å². The molecule has 1 amide bonds. The summed E-state index contributed by atoms with van der Waals surface area (Å²) >= 11 is 0. The minimum absolute atomic E-state index is 0.166. The summed E-state index contributed by atoms with van der Waals surface area (Å²) in [6.45, 7) is 6.22. The molecule has 0 bridgehead atoms.